The molecule has 110 valence electrons. The van der Waals surface area contributed by atoms with Gasteiger partial charge in [0.1, 0.15) is 0 Å². The Hall–Kier alpha value is -1.37. The van der Waals surface area contributed by atoms with E-state index in [-0.39, 0.29) is 5.69 Å². The summed E-state index contributed by atoms with van der Waals surface area (Å²) in [6, 6.07) is 5.16. The molecule has 1 amide bonds. The van der Waals surface area contributed by atoms with Gasteiger partial charge in [-0.25, -0.2) is 5.43 Å². The number of halogens is 3. The molecule has 0 radical (unpaired) electrons. The highest BCUT2D eigenvalue weighted by Crippen LogP contribution is 2.24. The zero-order valence-corrected chi connectivity index (χ0v) is 14.3. The molecule has 0 unspecified atom stereocenters. The third-order valence-corrected chi connectivity index (χ3v) is 4.61. The number of hydrogen-bond donors (Lipinski definition) is 1. The third kappa shape index (κ3) is 3.45. The van der Waals surface area contributed by atoms with Crippen LogP contribution in [-0.2, 0) is 7.05 Å². The molecule has 8 heteroatoms. The van der Waals surface area contributed by atoms with E-state index in [2.05, 4.69) is 31.6 Å². The second kappa shape index (κ2) is 6.60. The fraction of sp³-hybridized carbons (Fsp3) is 0.154. The fourth-order valence-electron chi connectivity index (χ4n) is 1.56. The van der Waals surface area contributed by atoms with E-state index in [4.69, 9.17) is 23.2 Å². The maximum atomic E-state index is 12.0. The van der Waals surface area contributed by atoms with E-state index in [1.165, 1.54) is 6.21 Å². The summed E-state index contributed by atoms with van der Waals surface area (Å²) in [5.41, 5.74) is 4.13. The minimum atomic E-state index is -0.417. The smallest absolute Gasteiger partial charge is 0.271 e. The maximum Gasteiger partial charge on any atom is 0.293 e. The molecule has 0 aliphatic heterocycles. The second-order valence-electron chi connectivity index (χ2n) is 4.21. The van der Waals surface area contributed by atoms with Crippen LogP contribution in [0.25, 0.3) is 0 Å². The van der Waals surface area contributed by atoms with Crippen LogP contribution in [0, 0.1) is 6.92 Å². The molecule has 0 aliphatic carbocycles. The zero-order chi connectivity index (χ0) is 15.6. The number of aromatic nitrogens is 2. The van der Waals surface area contributed by atoms with Crippen LogP contribution in [0.2, 0.25) is 10.0 Å². The summed E-state index contributed by atoms with van der Waals surface area (Å²) in [4.78, 5) is 12.0. The molecule has 0 saturated heterocycles. The van der Waals surface area contributed by atoms with Crippen LogP contribution < -0.4 is 5.43 Å². The summed E-state index contributed by atoms with van der Waals surface area (Å²) >= 11 is 15.2. The highest BCUT2D eigenvalue weighted by molar-refractivity contribution is 9.10. The number of benzene rings is 1. The van der Waals surface area contributed by atoms with Gasteiger partial charge in [-0.1, -0.05) is 35.3 Å². The van der Waals surface area contributed by atoms with Crippen molar-refractivity contribution in [1.82, 2.24) is 15.2 Å². The molecular weight excluding hydrogens is 379 g/mol. The van der Waals surface area contributed by atoms with Crippen LogP contribution in [0.3, 0.4) is 0 Å². The van der Waals surface area contributed by atoms with Crippen molar-refractivity contribution in [2.45, 2.75) is 6.92 Å². The molecule has 5 nitrogen and oxygen atoms in total. The van der Waals surface area contributed by atoms with Crippen LogP contribution in [0.15, 0.2) is 27.8 Å². The van der Waals surface area contributed by atoms with Gasteiger partial charge in [-0.15, -0.1) is 0 Å². The highest BCUT2D eigenvalue weighted by atomic mass is 79.9. The number of carbonyl (C=O) groups is 1. The Morgan fingerprint density at radius 3 is 2.81 bits per heavy atom. The van der Waals surface area contributed by atoms with E-state index in [1.54, 1.807) is 29.9 Å². The van der Waals surface area contributed by atoms with Gasteiger partial charge in [-0.2, -0.15) is 10.2 Å². The number of carbonyl (C=O) groups excluding carboxylic acids is 1. The van der Waals surface area contributed by atoms with Crippen molar-refractivity contribution in [3.8, 4) is 0 Å². The van der Waals surface area contributed by atoms with Crippen molar-refractivity contribution in [3.05, 3.63) is 49.7 Å². The van der Waals surface area contributed by atoms with Gasteiger partial charge >= 0.3 is 0 Å². The third-order valence-electron chi connectivity index (χ3n) is 2.83. The van der Waals surface area contributed by atoms with Crippen molar-refractivity contribution in [2.75, 3.05) is 0 Å². The summed E-state index contributed by atoms with van der Waals surface area (Å²) < 4.78 is 2.25. The van der Waals surface area contributed by atoms with Gasteiger partial charge in [0.25, 0.3) is 5.91 Å². The molecule has 0 bridgehead atoms. The molecule has 0 saturated carbocycles. The topological polar surface area (TPSA) is 59.3 Å². The van der Waals surface area contributed by atoms with Crippen molar-refractivity contribution < 1.29 is 4.79 Å². The molecule has 0 fully saturated rings. The lowest BCUT2D eigenvalue weighted by molar-refractivity contribution is 0.0948. The number of rotatable bonds is 3. The van der Waals surface area contributed by atoms with Crippen LogP contribution in [0.1, 0.15) is 21.7 Å². The number of nitrogens with zero attached hydrogens (tertiary/aromatic N) is 3. The molecule has 0 atom stereocenters. The summed E-state index contributed by atoms with van der Waals surface area (Å²) in [7, 11) is 1.76. The largest absolute Gasteiger partial charge is 0.293 e. The number of amides is 1. The Bertz CT molecular complexity index is 727. The van der Waals surface area contributed by atoms with Crippen molar-refractivity contribution in [1.29, 1.82) is 0 Å². The molecule has 2 rings (SSSR count). The minimum absolute atomic E-state index is 0.268. The van der Waals surface area contributed by atoms with Gasteiger partial charge in [0, 0.05) is 12.6 Å². The summed E-state index contributed by atoms with van der Waals surface area (Å²) in [5.74, 6) is -0.417. The molecule has 0 spiro atoms. The monoisotopic (exact) mass is 388 g/mol. The maximum absolute atomic E-state index is 12.0. The van der Waals surface area contributed by atoms with E-state index >= 15 is 0 Å². The molecule has 2 aromatic rings. The quantitative estimate of drug-likeness (QED) is 0.644. The van der Waals surface area contributed by atoms with E-state index in [0.717, 1.165) is 5.69 Å². The Kier molecular flexibility index (Phi) is 5.03. The first kappa shape index (κ1) is 16.0. The zero-order valence-electron chi connectivity index (χ0n) is 11.2. The van der Waals surface area contributed by atoms with Crippen LogP contribution in [0.4, 0.5) is 0 Å². The first-order valence-electron chi connectivity index (χ1n) is 5.88. The Balaban J connectivity index is 2.12. The van der Waals surface area contributed by atoms with Gasteiger partial charge in [-0.05, 0) is 28.9 Å². The average Bonchev–Trinajstić information content (AvgIpc) is 2.71. The lowest BCUT2D eigenvalue weighted by Gasteiger charge is -2.00. The minimum Gasteiger partial charge on any atom is -0.271 e. The molecule has 1 aromatic carbocycles. The van der Waals surface area contributed by atoms with Gasteiger partial charge < -0.3 is 0 Å². The fourth-order valence-corrected chi connectivity index (χ4v) is 2.43. The van der Waals surface area contributed by atoms with Crippen molar-refractivity contribution in [3.63, 3.8) is 0 Å². The lowest BCUT2D eigenvalue weighted by Crippen LogP contribution is -2.19. The normalized spacial score (nSPS) is 11.1. The lowest BCUT2D eigenvalue weighted by atomic mass is 10.2. The van der Waals surface area contributed by atoms with E-state index < -0.39 is 5.91 Å². The molecule has 1 N–H and O–H groups in total. The van der Waals surface area contributed by atoms with Crippen molar-refractivity contribution in [2.24, 2.45) is 12.1 Å². The Labute approximate surface area is 140 Å². The molecule has 1 aromatic heterocycles. The highest BCUT2D eigenvalue weighted by Gasteiger charge is 2.17. The predicted molar refractivity (Wildman–Crippen MR) is 87.2 cm³/mol. The number of aryl methyl sites for hydroxylation is 1. The average molecular weight is 390 g/mol. The summed E-state index contributed by atoms with van der Waals surface area (Å²) in [6.45, 7) is 1.85. The van der Waals surface area contributed by atoms with Crippen molar-refractivity contribution >= 4 is 51.3 Å². The molecule has 21 heavy (non-hydrogen) atoms. The van der Waals surface area contributed by atoms with Gasteiger partial charge in [0.2, 0.25) is 0 Å². The summed E-state index contributed by atoms with van der Waals surface area (Å²) in [6.07, 6.45) is 1.43. The molecule has 0 aliphatic rings. The first-order chi connectivity index (χ1) is 9.91. The van der Waals surface area contributed by atoms with Crippen LogP contribution in [0.5, 0.6) is 0 Å². The number of hydrogen-bond acceptors (Lipinski definition) is 3. The SMILES string of the molecule is Cc1c(Br)c(C(=O)N/N=C/c2cccc(Cl)c2Cl)nn1C. The van der Waals surface area contributed by atoms with Gasteiger partial charge in [-0.3, -0.25) is 9.48 Å². The summed E-state index contributed by atoms with van der Waals surface area (Å²) in [5, 5.41) is 8.77. The van der Waals surface area contributed by atoms with Gasteiger partial charge in [0.05, 0.1) is 26.4 Å². The first-order valence-corrected chi connectivity index (χ1v) is 7.43. The van der Waals surface area contributed by atoms with Gasteiger partial charge in [0.15, 0.2) is 5.69 Å². The Morgan fingerprint density at radius 2 is 2.19 bits per heavy atom. The van der Waals surface area contributed by atoms with Crippen LogP contribution in [-0.4, -0.2) is 21.9 Å². The van der Waals surface area contributed by atoms with E-state index in [0.29, 0.717) is 20.1 Å². The van der Waals surface area contributed by atoms with E-state index in [1.807, 2.05) is 6.92 Å². The molecular formula is C13H11BrCl2N4O. The Morgan fingerprint density at radius 1 is 1.48 bits per heavy atom. The van der Waals surface area contributed by atoms with Crippen LogP contribution >= 0.6 is 39.1 Å². The van der Waals surface area contributed by atoms with E-state index in [9.17, 15) is 4.79 Å². The number of nitrogens with one attached hydrogen (secondary N) is 1. The standard InChI is InChI=1S/C13H11BrCl2N4O/c1-7-10(14)12(19-20(7)2)13(21)18-17-6-8-4-3-5-9(15)11(8)16/h3-6H,1-2H3,(H,18,21)/b17-6+. The molecule has 1 heterocycles. The second-order valence-corrected chi connectivity index (χ2v) is 5.79. The predicted octanol–water partition coefficient (Wildman–Crippen LogP) is 3.56. The number of hydrazone groups is 1.